The van der Waals surface area contributed by atoms with E-state index in [-0.39, 0.29) is 18.4 Å². The molecule has 0 unspecified atom stereocenters. The van der Waals surface area contributed by atoms with E-state index in [0.29, 0.717) is 13.0 Å². The number of amides is 1. The van der Waals surface area contributed by atoms with E-state index in [1.54, 1.807) is 0 Å². The molecule has 0 bridgehead atoms. The number of carboxylic acid groups (broad SMARTS) is 1. The van der Waals surface area contributed by atoms with Gasteiger partial charge in [-0.2, -0.15) is 0 Å². The van der Waals surface area contributed by atoms with Crippen molar-refractivity contribution in [1.29, 1.82) is 0 Å². The van der Waals surface area contributed by atoms with E-state index in [4.69, 9.17) is 11.5 Å². The molecule has 0 aliphatic carbocycles. The van der Waals surface area contributed by atoms with Gasteiger partial charge in [0.25, 0.3) is 0 Å². The maximum atomic E-state index is 12.1. The van der Waals surface area contributed by atoms with E-state index in [9.17, 15) is 14.7 Å². The standard InChI is InChI=1S/C12H24BN3O3/c1-2-9(14)10(17)16-6-8(4-3-5-13)12(15,7-16)11(18)19/h8-9H,2-7,13-15H2,1H3,(H,18,19)/t8-,9-,12-/m0/s1. The first kappa shape index (κ1) is 16.0. The summed E-state index contributed by atoms with van der Waals surface area (Å²) in [4.78, 5) is 25.0. The van der Waals surface area contributed by atoms with Crippen molar-refractivity contribution in [1.82, 2.24) is 4.90 Å². The van der Waals surface area contributed by atoms with E-state index >= 15 is 0 Å². The molecule has 7 heteroatoms. The lowest BCUT2D eigenvalue weighted by molar-refractivity contribution is -0.144. The SMILES string of the molecule is BCCC[C@H]1CN(C(=O)[C@@H](N)CC)C[C@@]1(N)C(=O)O. The van der Waals surface area contributed by atoms with Crippen molar-refractivity contribution in [2.24, 2.45) is 17.4 Å². The van der Waals surface area contributed by atoms with Crippen LogP contribution < -0.4 is 11.5 Å². The normalized spacial score (nSPS) is 28.4. The molecular weight excluding hydrogens is 245 g/mol. The van der Waals surface area contributed by atoms with Gasteiger partial charge in [-0.05, 0) is 12.8 Å². The largest absolute Gasteiger partial charge is 0.480 e. The van der Waals surface area contributed by atoms with Crippen LogP contribution in [0.15, 0.2) is 0 Å². The fourth-order valence-electron chi connectivity index (χ4n) is 2.56. The summed E-state index contributed by atoms with van der Waals surface area (Å²) in [5.41, 5.74) is 10.4. The molecule has 108 valence electrons. The minimum absolute atomic E-state index is 0.0588. The van der Waals surface area contributed by atoms with Gasteiger partial charge >= 0.3 is 5.97 Å². The molecule has 1 fully saturated rings. The molecule has 0 aromatic rings. The molecule has 0 aromatic carbocycles. The lowest BCUT2D eigenvalue weighted by Gasteiger charge is -2.25. The van der Waals surface area contributed by atoms with Crippen LogP contribution in [0.25, 0.3) is 0 Å². The second kappa shape index (κ2) is 6.39. The average Bonchev–Trinajstić information content (AvgIpc) is 2.73. The predicted octanol–water partition coefficient (Wildman–Crippen LogP) is -1.20. The van der Waals surface area contributed by atoms with Crippen LogP contribution in [-0.4, -0.2) is 54.4 Å². The summed E-state index contributed by atoms with van der Waals surface area (Å²) in [6.45, 7) is 2.29. The summed E-state index contributed by atoms with van der Waals surface area (Å²) in [5.74, 6) is -1.43. The van der Waals surface area contributed by atoms with E-state index in [0.717, 1.165) is 19.2 Å². The molecule has 0 saturated carbocycles. The Hall–Kier alpha value is -1.08. The lowest BCUT2D eigenvalue weighted by Crippen LogP contribution is -2.55. The van der Waals surface area contributed by atoms with Gasteiger partial charge in [0.2, 0.25) is 5.91 Å². The molecule has 0 spiro atoms. The van der Waals surface area contributed by atoms with E-state index in [1.165, 1.54) is 4.90 Å². The summed E-state index contributed by atoms with van der Waals surface area (Å²) in [7, 11) is 2.05. The minimum atomic E-state index is -1.34. The number of hydrogen-bond acceptors (Lipinski definition) is 4. The van der Waals surface area contributed by atoms with Gasteiger partial charge in [0.1, 0.15) is 13.4 Å². The molecule has 1 saturated heterocycles. The minimum Gasteiger partial charge on any atom is -0.480 e. The first-order chi connectivity index (χ1) is 8.86. The number of nitrogens with zero attached hydrogens (tertiary/aromatic N) is 1. The molecule has 1 amide bonds. The Labute approximate surface area is 114 Å². The van der Waals surface area contributed by atoms with E-state index < -0.39 is 17.6 Å². The van der Waals surface area contributed by atoms with Gasteiger partial charge in [-0.25, -0.2) is 0 Å². The zero-order valence-corrected chi connectivity index (χ0v) is 11.8. The number of carbonyl (C=O) groups excluding carboxylic acids is 1. The maximum Gasteiger partial charge on any atom is 0.325 e. The zero-order valence-electron chi connectivity index (χ0n) is 11.8. The van der Waals surface area contributed by atoms with Gasteiger partial charge in [0, 0.05) is 19.0 Å². The summed E-state index contributed by atoms with van der Waals surface area (Å²) in [5, 5.41) is 9.34. The Bertz CT molecular complexity index is 353. The highest BCUT2D eigenvalue weighted by atomic mass is 16.4. The third kappa shape index (κ3) is 3.28. The van der Waals surface area contributed by atoms with Crippen LogP contribution in [0.2, 0.25) is 6.32 Å². The molecule has 1 heterocycles. The smallest absolute Gasteiger partial charge is 0.325 e. The summed E-state index contributed by atoms with van der Waals surface area (Å²) in [6, 6.07) is -0.567. The van der Waals surface area contributed by atoms with Crippen LogP contribution in [0.1, 0.15) is 26.2 Å². The Kier molecular flexibility index (Phi) is 5.37. The number of hydrogen-bond donors (Lipinski definition) is 3. The number of nitrogens with two attached hydrogens (primary N) is 2. The van der Waals surface area contributed by atoms with Crippen LogP contribution >= 0.6 is 0 Å². The molecule has 1 aliphatic heterocycles. The third-order valence-electron chi connectivity index (χ3n) is 3.99. The van der Waals surface area contributed by atoms with Crippen molar-refractivity contribution >= 4 is 19.7 Å². The van der Waals surface area contributed by atoms with Crippen molar-refractivity contribution in [3.8, 4) is 0 Å². The monoisotopic (exact) mass is 269 g/mol. The van der Waals surface area contributed by atoms with E-state index in [2.05, 4.69) is 0 Å². The summed E-state index contributed by atoms with van der Waals surface area (Å²) >= 11 is 0. The molecule has 3 atom stereocenters. The maximum absolute atomic E-state index is 12.1. The average molecular weight is 269 g/mol. The van der Waals surface area contributed by atoms with Crippen LogP contribution in [0.5, 0.6) is 0 Å². The molecule has 1 rings (SSSR count). The highest BCUT2D eigenvalue weighted by molar-refractivity contribution is 6.08. The molecule has 19 heavy (non-hydrogen) atoms. The Morgan fingerprint density at radius 2 is 2.21 bits per heavy atom. The summed E-state index contributed by atoms with van der Waals surface area (Å²) < 4.78 is 0. The van der Waals surface area contributed by atoms with Gasteiger partial charge in [0.15, 0.2) is 0 Å². The second-order valence-electron chi connectivity index (χ2n) is 5.42. The topological polar surface area (TPSA) is 110 Å². The molecular formula is C12H24BN3O3. The lowest BCUT2D eigenvalue weighted by atomic mass is 9.83. The first-order valence-corrected chi connectivity index (χ1v) is 6.93. The number of carboxylic acids is 1. The van der Waals surface area contributed by atoms with Crippen LogP contribution in [0.3, 0.4) is 0 Å². The number of carbonyl (C=O) groups is 2. The number of aliphatic carboxylic acids is 1. The Balaban J connectivity index is 2.82. The van der Waals surface area contributed by atoms with Crippen molar-refractivity contribution in [3.05, 3.63) is 0 Å². The molecule has 1 aliphatic rings. The van der Waals surface area contributed by atoms with Gasteiger partial charge in [-0.1, -0.05) is 19.7 Å². The number of likely N-dealkylation sites (tertiary alicyclic amines) is 1. The van der Waals surface area contributed by atoms with Gasteiger partial charge < -0.3 is 21.5 Å². The molecule has 6 nitrogen and oxygen atoms in total. The fraction of sp³-hybridized carbons (Fsp3) is 0.833. The Morgan fingerprint density at radius 3 is 2.68 bits per heavy atom. The zero-order chi connectivity index (χ0) is 14.6. The molecule has 5 N–H and O–H groups in total. The van der Waals surface area contributed by atoms with Crippen LogP contribution in [-0.2, 0) is 9.59 Å². The van der Waals surface area contributed by atoms with Crippen molar-refractivity contribution in [2.45, 2.75) is 44.1 Å². The van der Waals surface area contributed by atoms with Crippen molar-refractivity contribution < 1.29 is 14.7 Å². The highest BCUT2D eigenvalue weighted by Gasteiger charge is 2.50. The van der Waals surface area contributed by atoms with E-state index in [1.807, 2.05) is 14.8 Å². The first-order valence-electron chi connectivity index (χ1n) is 6.93. The van der Waals surface area contributed by atoms with Crippen LogP contribution in [0, 0.1) is 5.92 Å². The van der Waals surface area contributed by atoms with Crippen molar-refractivity contribution in [2.75, 3.05) is 13.1 Å². The summed E-state index contributed by atoms with van der Waals surface area (Å²) in [6.07, 6.45) is 3.16. The fourth-order valence-corrected chi connectivity index (χ4v) is 2.56. The second-order valence-corrected chi connectivity index (χ2v) is 5.42. The number of rotatable bonds is 6. The quantitative estimate of drug-likeness (QED) is 0.524. The van der Waals surface area contributed by atoms with Gasteiger partial charge in [0.05, 0.1) is 6.04 Å². The van der Waals surface area contributed by atoms with Gasteiger partial charge in [-0.15, -0.1) is 0 Å². The van der Waals surface area contributed by atoms with Gasteiger partial charge in [-0.3, -0.25) is 9.59 Å². The molecule has 0 radical (unpaired) electrons. The Morgan fingerprint density at radius 1 is 1.58 bits per heavy atom. The predicted molar refractivity (Wildman–Crippen MR) is 75.5 cm³/mol. The highest BCUT2D eigenvalue weighted by Crippen LogP contribution is 2.30. The van der Waals surface area contributed by atoms with Crippen molar-refractivity contribution in [3.63, 3.8) is 0 Å². The van der Waals surface area contributed by atoms with Crippen LogP contribution in [0.4, 0.5) is 0 Å². The molecule has 0 aromatic heterocycles. The third-order valence-corrected chi connectivity index (χ3v) is 3.99.